The summed E-state index contributed by atoms with van der Waals surface area (Å²) in [6, 6.07) is 18.1. The fraction of sp³-hybridized carbons (Fsp3) is 0.320. The molecule has 3 amide bonds. The van der Waals surface area contributed by atoms with Crippen LogP contribution in [0.3, 0.4) is 0 Å². The smallest absolute Gasteiger partial charge is 0.233 e. The minimum atomic E-state index is -0.243. The zero-order chi connectivity index (χ0) is 21.1. The van der Waals surface area contributed by atoms with E-state index < -0.39 is 0 Å². The number of hydrogen-bond donors (Lipinski definition) is 1. The number of imide groups is 1. The molecule has 0 saturated carbocycles. The highest BCUT2D eigenvalue weighted by Gasteiger charge is 2.46. The summed E-state index contributed by atoms with van der Waals surface area (Å²) in [5, 5.41) is 2.97. The Labute approximate surface area is 176 Å². The van der Waals surface area contributed by atoms with Crippen molar-refractivity contribution >= 4 is 17.7 Å². The van der Waals surface area contributed by atoms with Gasteiger partial charge in [-0.15, -0.1) is 0 Å². The van der Waals surface area contributed by atoms with Gasteiger partial charge in [-0.2, -0.15) is 0 Å². The van der Waals surface area contributed by atoms with Crippen molar-refractivity contribution in [1.82, 2.24) is 10.2 Å². The lowest BCUT2D eigenvalue weighted by atomic mass is 9.85. The summed E-state index contributed by atoms with van der Waals surface area (Å²) < 4.78 is 0. The van der Waals surface area contributed by atoms with Gasteiger partial charge in [0.1, 0.15) is 0 Å². The highest BCUT2D eigenvalue weighted by Crippen LogP contribution is 2.35. The molecule has 2 aromatic rings. The zero-order valence-corrected chi connectivity index (χ0v) is 17.1. The number of carbonyl (C=O) groups excluding carboxylic acids is 3. The van der Waals surface area contributed by atoms with Gasteiger partial charge >= 0.3 is 0 Å². The van der Waals surface area contributed by atoms with E-state index in [1.165, 1.54) is 4.90 Å². The van der Waals surface area contributed by atoms with E-state index in [9.17, 15) is 14.4 Å². The fourth-order valence-corrected chi connectivity index (χ4v) is 4.29. The van der Waals surface area contributed by atoms with Gasteiger partial charge in [-0.3, -0.25) is 19.3 Å². The minimum absolute atomic E-state index is 0.122. The van der Waals surface area contributed by atoms with Crippen LogP contribution in [-0.2, 0) is 14.4 Å². The number of benzene rings is 2. The largest absolute Gasteiger partial charge is 0.350 e. The van der Waals surface area contributed by atoms with Crippen molar-refractivity contribution in [3.8, 4) is 11.1 Å². The minimum Gasteiger partial charge on any atom is -0.350 e. The predicted octanol–water partition coefficient (Wildman–Crippen LogP) is 3.87. The van der Waals surface area contributed by atoms with Gasteiger partial charge in [0, 0.05) is 13.0 Å². The van der Waals surface area contributed by atoms with Crippen LogP contribution >= 0.6 is 0 Å². The maximum absolute atomic E-state index is 12.5. The normalized spacial score (nSPS) is 21.4. The summed E-state index contributed by atoms with van der Waals surface area (Å²) in [4.78, 5) is 38.7. The summed E-state index contributed by atoms with van der Waals surface area (Å²) in [6.45, 7) is 2.08. The van der Waals surface area contributed by atoms with Gasteiger partial charge in [0.2, 0.25) is 17.7 Å². The summed E-state index contributed by atoms with van der Waals surface area (Å²) >= 11 is 0. The molecule has 1 fully saturated rings. The molecule has 3 atom stereocenters. The molecule has 0 aromatic heterocycles. The lowest BCUT2D eigenvalue weighted by Gasteiger charge is -2.17. The first-order valence-corrected chi connectivity index (χ1v) is 10.5. The van der Waals surface area contributed by atoms with Crippen LogP contribution in [0.15, 0.2) is 66.7 Å². The van der Waals surface area contributed by atoms with E-state index in [1.807, 2.05) is 61.5 Å². The number of fused-ring (bicyclic) bond motifs is 1. The van der Waals surface area contributed by atoms with Crippen molar-refractivity contribution in [3.63, 3.8) is 0 Å². The average Bonchev–Trinajstić information content (AvgIpc) is 3.03. The molecule has 1 N–H and O–H groups in total. The quantitative estimate of drug-likeness (QED) is 0.589. The summed E-state index contributed by atoms with van der Waals surface area (Å²) in [5.41, 5.74) is 3.28. The van der Waals surface area contributed by atoms with Gasteiger partial charge in [-0.25, -0.2) is 0 Å². The number of hydrogen-bond acceptors (Lipinski definition) is 3. The van der Waals surface area contributed by atoms with Crippen molar-refractivity contribution in [2.75, 3.05) is 6.54 Å². The lowest BCUT2D eigenvalue weighted by molar-refractivity contribution is -0.140. The Kier molecular flexibility index (Phi) is 5.79. The van der Waals surface area contributed by atoms with E-state index >= 15 is 0 Å². The number of rotatable bonds is 6. The third-order valence-corrected chi connectivity index (χ3v) is 6.06. The van der Waals surface area contributed by atoms with E-state index in [1.54, 1.807) is 0 Å². The Balaban J connectivity index is 1.31. The van der Waals surface area contributed by atoms with Crippen molar-refractivity contribution in [3.05, 3.63) is 72.3 Å². The molecule has 1 aliphatic carbocycles. The standard InChI is InChI=1S/C25H26N2O3/c1-17(18-11-13-20(14-12-18)19-7-3-2-4-8-19)26-23(28)15-16-27-24(29)21-9-5-6-10-22(21)25(27)30/h2-8,11-14,17,21-22H,9-10,15-16H2,1H3,(H,26,28)/t17-,21+,22+/m0/s1. The number of allylic oxidation sites excluding steroid dienone is 2. The molecule has 30 heavy (non-hydrogen) atoms. The van der Waals surface area contributed by atoms with Crippen LogP contribution in [0.2, 0.25) is 0 Å². The predicted molar refractivity (Wildman–Crippen MR) is 115 cm³/mol. The average molecular weight is 402 g/mol. The number of carbonyl (C=O) groups is 3. The molecule has 5 nitrogen and oxygen atoms in total. The maximum Gasteiger partial charge on any atom is 0.233 e. The van der Waals surface area contributed by atoms with Gasteiger partial charge in [0.05, 0.1) is 17.9 Å². The molecule has 1 aliphatic heterocycles. The van der Waals surface area contributed by atoms with Crippen LogP contribution in [0.5, 0.6) is 0 Å². The van der Waals surface area contributed by atoms with Gasteiger partial charge in [-0.1, -0.05) is 66.7 Å². The Morgan fingerprint density at radius 2 is 1.50 bits per heavy atom. The monoisotopic (exact) mass is 402 g/mol. The van der Waals surface area contributed by atoms with E-state index in [2.05, 4.69) is 17.4 Å². The Hall–Kier alpha value is -3.21. The van der Waals surface area contributed by atoms with E-state index in [-0.39, 0.29) is 48.6 Å². The molecule has 0 bridgehead atoms. The highest BCUT2D eigenvalue weighted by atomic mass is 16.2. The first kappa shape index (κ1) is 20.1. The topological polar surface area (TPSA) is 66.5 Å². The Morgan fingerprint density at radius 3 is 2.10 bits per heavy atom. The van der Waals surface area contributed by atoms with Gasteiger partial charge in [0.15, 0.2) is 0 Å². The lowest BCUT2D eigenvalue weighted by Crippen LogP contribution is -2.36. The van der Waals surface area contributed by atoms with Gasteiger partial charge in [0.25, 0.3) is 0 Å². The first-order chi connectivity index (χ1) is 14.5. The number of likely N-dealkylation sites (tertiary alicyclic amines) is 1. The summed E-state index contributed by atoms with van der Waals surface area (Å²) in [6.07, 6.45) is 5.29. The maximum atomic E-state index is 12.5. The third-order valence-electron chi connectivity index (χ3n) is 6.06. The van der Waals surface area contributed by atoms with Crippen LogP contribution in [-0.4, -0.2) is 29.2 Å². The second kappa shape index (κ2) is 8.66. The Morgan fingerprint density at radius 1 is 0.933 bits per heavy atom. The van der Waals surface area contributed by atoms with Crippen molar-refractivity contribution < 1.29 is 14.4 Å². The van der Waals surface area contributed by atoms with Gasteiger partial charge < -0.3 is 5.32 Å². The molecule has 0 radical (unpaired) electrons. The van der Waals surface area contributed by atoms with Crippen molar-refractivity contribution in [1.29, 1.82) is 0 Å². The van der Waals surface area contributed by atoms with Crippen LogP contribution in [0.1, 0.15) is 37.8 Å². The van der Waals surface area contributed by atoms with Crippen molar-refractivity contribution in [2.45, 2.75) is 32.2 Å². The molecule has 0 unspecified atom stereocenters. The molecule has 154 valence electrons. The van der Waals surface area contributed by atoms with Crippen LogP contribution in [0.4, 0.5) is 0 Å². The van der Waals surface area contributed by atoms with Crippen LogP contribution in [0.25, 0.3) is 11.1 Å². The molecule has 2 aromatic carbocycles. The molecule has 2 aliphatic rings. The van der Waals surface area contributed by atoms with E-state index in [0.717, 1.165) is 16.7 Å². The Bertz CT molecular complexity index is 940. The van der Waals surface area contributed by atoms with E-state index in [4.69, 9.17) is 0 Å². The summed E-state index contributed by atoms with van der Waals surface area (Å²) in [5.74, 6) is -0.915. The fourth-order valence-electron chi connectivity index (χ4n) is 4.29. The van der Waals surface area contributed by atoms with Crippen LogP contribution in [0, 0.1) is 11.8 Å². The van der Waals surface area contributed by atoms with E-state index in [0.29, 0.717) is 12.8 Å². The number of nitrogens with zero attached hydrogens (tertiary/aromatic N) is 1. The molecular weight excluding hydrogens is 376 g/mol. The molecule has 1 heterocycles. The molecule has 1 saturated heterocycles. The SMILES string of the molecule is C[C@H](NC(=O)CCN1C(=O)[C@@H]2CC=CC[C@H]2C1=O)c1ccc(-c2ccccc2)cc1. The van der Waals surface area contributed by atoms with Crippen molar-refractivity contribution in [2.24, 2.45) is 11.8 Å². The highest BCUT2D eigenvalue weighted by molar-refractivity contribution is 6.05. The number of amides is 3. The first-order valence-electron chi connectivity index (χ1n) is 10.5. The van der Waals surface area contributed by atoms with Crippen LogP contribution < -0.4 is 5.32 Å². The second-order valence-electron chi connectivity index (χ2n) is 8.01. The number of nitrogens with one attached hydrogen (secondary N) is 1. The zero-order valence-electron chi connectivity index (χ0n) is 17.1. The summed E-state index contributed by atoms with van der Waals surface area (Å²) in [7, 11) is 0. The van der Waals surface area contributed by atoms with Gasteiger partial charge in [-0.05, 0) is 36.5 Å². The third kappa shape index (κ3) is 4.06. The molecular formula is C25H26N2O3. The second-order valence-corrected chi connectivity index (χ2v) is 8.01. The molecule has 0 spiro atoms. The molecule has 4 rings (SSSR count). The molecule has 5 heteroatoms.